The van der Waals surface area contributed by atoms with Gasteiger partial charge in [-0.1, -0.05) is 12.1 Å². The van der Waals surface area contributed by atoms with Gasteiger partial charge in [0.1, 0.15) is 10.8 Å². The van der Waals surface area contributed by atoms with E-state index >= 15 is 0 Å². The van der Waals surface area contributed by atoms with Crippen LogP contribution in [0.25, 0.3) is 20.8 Å². The van der Waals surface area contributed by atoms with Crippen molar-refractivity contribution in [1.82, 2.24) is 10.3 Å². The summed E-state index contributed by atoms with van der Waals surface area (Å²) in [5.41, 5.74) is 2.75. The van der Waals surface area contributed by atoms with Crippen LogP contribution in [-0.2, 0) is 0 Å². The summed E-state index contributed by atoms with van der Waals surface area (Å²) in [6.45, 7) is 2.44. The predicted molar refractivity (Wildman–Crippen MR) is 102 cm³/mol. The first-order valence-electron chi connectivity index (χ1n) is 7.52. The van der Waals surface area contributed by atoms with Crippen LogP contribution in [0, 0.1) is 0 Å². The van der Waals surface area contributed by atoms with E-state index < -0.39 is 0 Å². The minimum atomic E-state index is 0.254. The maximum atomic E-state index is 10.0. The van der Waals surface area contributed by atoms with Gasteiger partial charge in [-0.25, -0.2) is 4.98 Å². The third kappa shape index (κ3) is 3.96. The SMILES string of the molecule is Oc1ccc(-c2nc3ccccc3s2)cc1NCCNCCS. The second-order valence-electron chi connectivity index (χ2n) is 5.12. The fourth-order valence-corrected chi connectivity index (χ4v) is 3.42. The van der Waals surface area contributed by atoms with E-state index in [0.717, 1.165) is 47.2 Å². The number of anilines is 1. The maximum Gasteiger partial charge on any atom is 0.138 e. The molecule has 1 aromatic heterocycles. The third-order valence-corrected chi connectivity index (χ3v) is 4.75. The highest BCUT2D eigenvalue weighted by molar-refractivity contribution is 7.80. The van der Waals surface area contributed by atoms with Crippen LogP contribution in [0.4, 0.5) is 5.69 Å². The summed E-state index contributed by atoms with van der Waals surface area (Å²) in [6, 6.07) is 13.7. The summed E-state index contributed by atoms with van der Waals surface area (Å²) >= 11 is 5.81. The van der Waals surface area contributed by atoms with E-state index in [0.29, 0.717) is 0 Å². The highest BCUT2D eigenvalue weighted by Gasteiger charge is 2.09. The molecule has 23 heavy (non-hydrogen) atoms. The van der Waals surface area contributed by atoms with Gasteiger partial charge in [0, 0.05) is 31.0 Å². The quantitative estimate of drug-likeness (QED) is 0.300. The van der Waals surface area contributed by atoms with Gasteiger partial charge in [0.25, 0.3) is 0 Å². The molecule has 0 bridgehead atoms. The summed E-state index contributed by atoms with van der Waals surface area (Å²) in [5, 5.41) is 17.5. The molecule has 0 aliphatic rings. The first kappa shape index (κ1) is 16.1. The number of thiazole rings is 1. The Morgan fingerprint density at radius 2 is 1.96 bits per heavy atom. The molecule has 3 aromatic rings. The fourth-order valence-electron chi connectivity index (χ4n) is 2.30. The van der Waals surface area contributed by atoms with Crippen LogP contribution in [0.1, 0.15) is 0 Å². The molecule has 0 atom stereocenters. The molecule has 0 radical (unpaired) electrons. The first-order chi connectivity index (χ1) is 11.3. The summed E-state index contributed by atoms with van der Waals surface area (Å²) in [7, 11) is 0. The lowest BCUT2D eigenvalue weighted by Gasteiger charge is -2.10. The van der Waals surface area contributed by atoms with E-state index in [1.165, 1.54) is 4.70 Å². The van der Waals surface area contributed by atoms with E-state index in [4.69, 9.17) is 0 Å². The monoisotopic (exact) mass is 345 g/mol. The topological polar surface area (TPSA) is 57.2 Å². The van der Waals surface area contributed by atoms with Crippen LogP contribution in [-0.4, -0.2) is 35.5 Å². The molecule has 3 rings (SSSR count). The molecule has 3 N–H and O–H groups in total. The van der Waals surface area contributed by atoms with Crippen molar-refractivity contribution in [2.45, 2.75) is 0 Å². The number of phenolic OH excluding ortho intramolecular Hbond substituents is 1. The zero-order valence-corrected chi connectivity index (χ0v) is 14.3. The molecule has 0 aliphatic carbocycles. The molecule has 0 aliphatic heterocycles. The molecule has 0 saturated carbocycles. The molecular weight excluding hydrogens is 326 g/mol. The molecule has 0 saturated heterocycles. The normalized spacial score (nSPS) is 11.0. The van der Waals surface area contributed by atoms with Crippen LogP contribution >= 0.6 is 24.0 Å². The van der Waals surface area contributed by atoms with E-state index in [9.17, 15) is 5.11 Å². The summed E-state index contributed by atoms with van der Waals surface area (Å²) in [5.74, 6) is 1.07. The van der Waals surface area contributed by atoms with Crippen molar-refractivity contribution in [3.05, 3.63) is 42.5 Å². The number of nitrogens with zero attached hydrogens (tertiary/aromatic N) is 1. The Hall–Kier alpha value is -1.76. The van der Waals surface area contributed by atoms with E-state index in [-0.39, 0.29) is 5.75 Å². The number of thiol groups is 1. The van der Waals surface area contributed by atoms with Gasteiger partial charge in [0.05, 0.1) is 15.9 Å². The van der Waals surface area contributed by atoms with Gasteiger partial charge in [-0.05, 0) is 30.3 Å². The van der Waals surface area contributed by atoms with Crippen LogP contribution in [0.2, 0.25) is 0 Å². The van der Waals surface area contributed by atoms with Crippen LogP contribution < -0.4 is 10.6 Å². The molecule has 1 heterocycles. The average molecular weight is 345 g/mol. The summed E-state index contributed by atoms with van der Waals surface area (Å²) in [4.78, 5) is 4.66. The largest absolute Gasteiger partial charge is 0.506 e. The van der Waals surface area contributed by atoms with Gasteiger partial charge < -0.3 is 15.7 Å². The Bertz CT molecular complexity index is 755. The zero-order valence-electron chi connectivity index (χ0n) is 12.6. The molecule has 4 nitrogen and oxygen atoms in total. The summed E-state index contributed by atoms with van der Waals surface area (Å²) < 4.78 is 1.17. The molecular formula is C17H19N3OS2. The van der Waals surface area contributed by atoms with Crippen LogP contribution in [0.15, 0.2) is 42.5 Å². The van der Waals surface area contributed by atoms with E-state index in [1.807, 2.05) is 30.3 Å². The van der Waals surface area contributed by atoms with E-state index in [1.54, 1.807) is 17.4 Å². The predicted octanol–water partition coefficient (Wildman–Crippen LogP) is 3.60. The average Bonchev–Trinajstić information content (AvgIpc) is 3.00. The number of fused-ring (bicyclic) bond motifs is 1. The lowest BCUT2D eigenvalue weighted by molar-refractivity contribution is 0.477. The molecule has 0 spiro atoms. The van der Waals surface area contributed by atoms with Crippen molar-refractivity contribution in [2.24, 2.45) is 0 Å². The van der Waals surface area contributed by atoms with Crippen molar-refractivity contribution < 1.29 is 5.11 Å². The fraction of sp³-hybridized carbons (Fsp3) is 0.235. The van der Waals surface area contributed by atoms with Gasteiger partial charge >= 0.3 is 0 Å². The van der Waals surface area contributed by atoms with Gasteiger partial charge in [-0.2, -0.15) is 12.6 Å². The summed E-state index contributed by atoms with van der Waals surface area (Å²) in [6.07, 6.45) is 0. The molecule has 0 unspecified atom stereocenters. The number of aromatic nitrogens is 1. The highest BCUT2D eigenvalue weighted by atomic mass is 32.1. The Morgan fingerprint density at radius 1 is 1.09 bits per heavy atom. The smallest absolute Gasteiger partial charge is 0.138 e. The minimum absolute atomic E-state index is 0.254. The molecule has 2 aromatic carbocycles. The van der Waals surface area contributed by atoms with Crippen LogP contribution in [0.5, 0.6) is 5.75 Å². The Labute approximate surface area is 145 Å². The van der Waals surface area contributed by atoms with Crippen LogP contribution in [0.3, 0.4) is 0 Å². The standard InChI is InChI=1S/C17H19N3OS2/c21-15-6-5-12(11-14(15)19-8-7-18-9-10-22)17-20-13-3-1-2-4-16(13)23-17/h1-6,11,18-19,21-22H,7-10H2. The van der Waals surface area contributed by atoms with Crippen molar-refractivity contribution in [3.8, 4) is 16.3 Å². The zero-order chi connectivity index (χ0) is 16.1. The van der Waals surface area contributed by atoms with Gasteiger partial charge in [-0.3, -0.25) is 0 Å². The van der Waals surface area contributed by atoms with Crippen molar-refractivity contribution in [3.63, 3.8) is 0 Å². The van der Waals surface area contributed by atoms with E-state index in [2.05, 4.69) is 34.3 Å². The molecule has 120 valence electrons. The lowest BCUT2D eigenvalue weighted by atomic mass is 10.2. The van der Waals surface area contributed by atoms with Gasteiger partial charge in [0.15, 0.2) is 0 Å². The second-order valence-corrected chi connectivity index (χ2v) is 6.60. The number of benzene rings is 2. The molecule has 6 heteroatoms. The number of phenols is 1. The first-order valence-corrected chi connectivity index (χ1v) is 8.97. The maximum absolute atomic E-state index is 10.0. The Balaban J connectivity index is 1.76. The lowest BCUT2D eigenvalue weighted by Crippen LogP contribution is -2.23. The van der Waals surface area contributed by atoms with Gasteiger partial charge in [-0.15, -0.1) is 11.3 Å². The van der Waals surface area contributed by atoms with Crippen molar-refractivity contribution in [2.75, 3.05) is 30.7 Å². The number of nitrogens with one attached hydrogen (secondary N) is 2. The Kier molecular flexibility index (Phi) is 5.38. The highest BCUT2D eigenvalue weighted by Crippen LogP contribution is 2.34. The van der Waals surface area contributed by atoms with Crippen molar-refractivity contribution in [1.29, 1.82) is 0 Å². The number of hydrogen-bond donors (Lipinski definition) is 4. The second kappa shape index (κ2) is 7.68. The number of hydrogen-bond acceptors (Lipinski definition) is 6. The van der Waals surface area contributed by atoms with Crippen molar-refractivity contribution >= 4 is 39.9 Å². The minimum Gasteiger partial charge on any atom is -0.506 e. The molecule has 0 amide bonds. The van der Waals surface area contributed by atoms with Gasteiger partial charge in [0.2, 0.25) is 0 Å². The third-order valence-electron chi connectivity index (χ3n) is 3.44. The molecule has 0 fully saturated rings. The Morgan fingerprint density at radius 3 is 2.78 bits per heavy atom. The number of rotatable bonds is 7. The number of aromatic hydroxyl groups is 1. The number of para-hydroxylation sites is 1.